The van der Waals surface area contributed by atoms with E-state index in [4.69, 9.17) is 15.5 Å². The van der Waals surface area contributed by atoms with Crippen molar-refractivity contribution in [2.24, 2.45) is 11.7 Å². The number of rotatable bonds is 4. The molecule has 2 aliphatic carbocycles. The number of aromatic nitrogens is 3. The third kappa shape index (κ3) is 2.95. The van der Waals surface area contributed by atoms with Gasteiger partial charge in [-0.2, -0.15) is 0 Å². The summed E-state index contributed by atoms with van der Waals surface area (Å²) in [5.41, 5.74) is 11.8. The number of hydrogen-bond acceptors (Lipinski definition) is 5. The topological polar surface area (TPSA) is 86.2 Å². The van der Waals surface area contributed by atoms with Crippen molar-refractivity contribution < 1.29 is 9.84 Å². The summed E-state index contributed by atoms with van der Waals surface area (Å²) in [5, 5.41) is 10.8. The van der Waals surface area contributed by atoms with Crippen LogP contribution >= 0.6 is 0 Å². The molecule has 6 heteroatoms. The molecule has 2 aromatic heterocycles. The van der Waals surface area contributed by atoms with Gasteiger partial charge in [0, 0.05) is 22.9 Å². The first kappa shape index (κ1) is 19.9. The number of hydrogen-bond donors (Lipinski definition) is 2. The van der Waals surface area contributed by atoms with E-state index in [9.17, 15) is 5.11 Å². The lowest BCUT2D eigenvalue weighted by atomic mass is 9.60. The molecule has 0 amide bonds. The molecule has 6 nitrogen and oxygen atoms in total. The van der Waals surface area contributed by atoms with Crippen LogP contribution in [0.5, 0.6) is 5.75 Å². The highest BCUT2D eigenvalue weighted by Crippen LogP contribution is 2.57. The molecule has 0 atom stereocenters. The molecule has 170 valence electrons. The molecule has 0 spiro atoms. The SMILES string of the molecule is N[C@]1(c2ccc(-c3nc4n(c3-c3ccccc3)COc3cnccc3-4)cc2)C[C@](O)(C2CC2)C1. The van der Waals surface area contributed by atoms with Gasteiger partial charge in [0.05, 0.1) is 28.7 Å². The maximum atomic E-state index is 10.8. The molecule has 0 unspecified atom stereocenters. The summed E-state index contributed by atoms with van der Waals surface area (Å²) in [6.07, 6.45) is 7.04. The fraction of sp³-hybridized carbons (Fsp3) is 0.286. The largest absolute Gasteiger partial charge is 0.470 e. The number of nitrogens with zero attached hydrogens (tertiary/aromatic N) is 3. The van der Waals surface area contributed by atoms with Crippen molar-refractivity contribution in [2.45, 2.75) is 43.6 Å². The molecule has 3 heterocycles. The van der Waals surface area contributed by atoms with Crippen molar-refractivity contribution in [3.63, 3.8) is 0 Å². The third-order valence-electron chi connectivity index (χ3n) is 7.70. The molecule has 2 aromatic carbocycles. The summed E-state index contributed by atoms with van der Waals surface area (Å²) < 4.78 is 8.14. The Kier molecular flexibility index (Phi) is 4.11. The van der Waals surface area contributed by atoms with E-state index in [1.807, 2.05) is 24.3 Å². The molecule has 0 radical (unpaired) electrons. The highest BCUT2D eigenvalue weighted by atomic mass is 16.5. The van der Waals surface area contributed by atoms with Gasteiger partial charge in [-0.15, -0.1) is 0 Å². The molecule has 4 aromatic rings. The average Bonchev–Trinajstić information content (AvgIpc) is 3.64. The first-order valence-corrected chi connectivity index (χ1v) is 11.9. The summed E-state index contributed by atoms with van der Waals surface area (Å²) in [5.74, 6) is 2.07. The summed E-state index contributed by atoms with van der Waals surface area (Å²) in [6, 6.07) is 20.7. The first-order chi connectivity index (χ1) is 16.5. The normalized spacial score (nSPS) is 25.1. The summed E-state index contributed by atoms with van der Waals surface area (Å²) in [4.78, 5) is 9.30. The quantitative estimate of drug-likeness (QED) is 0.470. The van der Waals surface area contributed by atoms with Crippen LogP contribution in [0, 0.1) is 5.92 Å². The van der Waals surface area contributed by atoms with E-state index in [-0.39, 0.29) is 0 Å². The van der Waals surface area contributed by atoms with Crippen molar-refractivity contribution in [3.05, 3.63) is 78.6 Å². The van der Waals surface area contributed by atoms with Gasteiger partial charge in [0.1, 0.15) is 5.82 Å². The second-order valence-corrected chi connectivity index (χ2v) is 10.0. The van der Waals surface area contributed by atoms with Gasteiger partial charge in [-0.1, -0.05) is 54.6 Å². The molecule has 34 heavy (non-hydrogen) atoms. The number of imidazole rings is 1. The summed E-state index contributed by atoms with van der Waals surface area (Å²) in [6.45, 7) is 0.384. The molecule has 2 saturated carbocycles. The van der Waals surface area contributed by atoms with Crippen LogP contribution in [-0.2, 0) is 12.3 Å². The standard InChI is InChI=1S/C28H26N4O2/c29-27(15-28(33,16-27)21-10-11-21)20-8-6-18(7-9-20)24-25(19-4-2-1-3-5-19)32-17-34-23-14-30-13-12-22(23)26(32)31-24/h1-9,12-14,21,33H,10-11,15-17,29H2/t27-,28-. The number of ether oxygens (including phenoxy) is 1. The maximum absolute atomic E-state index is 10.8. The fourth-order valence-corrected chi connectivity index (χ4v) is 5.80. The molecule has 2 fully saturated rings. The van der Waals surface area contributed by atoms with Gasteiger partial charge in [0.2, 0.25) is 0 Å². The minimum atomic E-state index is -0.570. The molecule has 0 bridgehead atoms. The van der Waals surface area contributed by atoms with Crippen LogP contribution < -0.4 is 10.5 Å². The van der Waals surface area contributed by atoms with Crippen molar-refractivity contribution in [1.82, 2.24) is 14.5 Å². The molecule has 1 aliphatic heterocycles. The predicted molar refractivity (Wildman–Crippen MR) is 130 cm³/mol. The Morgan fingerprint density at radius 1 is 0.971 bits per heavy atom. The molecule has 0 saturated heterocycles. The van der Waals surface area contributed by atoms with Gasteiger partial charge < -0.3 is 15.6 Å². The smallest absolute Gasteiger partial charge is 0.167 e. The number of pyridine rings is 1. The second kappa shape index (κ2) is 7.01. The molecule has 3 aliphatic rings. The average molecular weight is 451 g/mol. The van der Waals surface area contributed by atoms with E-state index < -0.39 is 11.1 Å². The van der Waals surface area contributed by atoms with Crippen LogP contribution in [0.15, 0.2) is 73.1 Å². The maximum Gasteiger partial charge on any atom is 0.167 e. The van der Waals surface area contributed by atoms with Crippen molar-refractivity contribution >= 4 is 0 Å². The Balaban J connectivity index is 1.30. The number of aliphatic hydroxyl groups is 1. The summed E-state index contributed by atoms with van der Waals surface area (Å²) >= 11 is 0. The zero-order chi connectivity index (χ0) is 22.9. The van der Waals surface area contributed by atoms with E-state index in [2.05, 4.69) is 45.9 Å². The predicted octanol–water partition coefficient (Wildman–Crippen LogP) is 4.72. The lowest BCUT2D eigenvalue weighted by Gasteiger charge is -2.52. The number of nitrogens with two attached hydrogens (primary N) is 1. The zero-order valence-corrected chi connectivity index (χ0v) is 18.8. The van der Waals surface area contributed by atoms with Crippen LogP contribution in [0.4, 0.5) is 0 Å². The lowest BCUT2D eigenvalue weighted by Crippen LogP contribution is -2.60. The van der Waals surface area contributed by atoms with E-state index in [0.717, 1.165) is 58.1 Å². The van der Waals surface area contributed by atoms with Gasteiger partial charge >= 0.3 is 0 Å². The van der Waals surface area contributed by atoms with Crippen molar-refractivity contribution in [3.8, 4) is 39.7 Å². The Bertz CT molecular complexity index is 1380. The lowest BCUT2D eigenvalue weighted by molar-refractivity contribution is -0.106. The van der Waals surface area contributed by atoms with Crippen LogP contribution in [0.1, 0.15) is 31.2 Å². The second-order valence-electron chi connectivity index (χ2n) is 10.0. The Hall–Kier alpha value is -3.48. The zero-order valence-electron chi connectivity index (χ0n) is 18.8. The Labute approximate surface area is 198 Å². The summed E-state index contributed by atoms with van der Waals surface area (Å²) in [7, 11) is 0. The highest BCUT2D eigenvalue weighted by Gasteiger charge is 2.58. The number of fused-ring (bicyclic) bond motifs is 3. The minimum Gasteiger partial charge on any atom is -0.470 e. The Morgan fingerprint density at radius 3 is 2.47 bits per heavy atom. The van der Waals surface area contributed by atoms with Crippen LogP contribution in [0.2, 0.25) is 0 Å². The van der Waals surface area contributed by atoms with Crippen molar-refractivity contribution in [2.75, 3.05) is 0 Å². The van der Waals surface area contributed by atoms with E-state index >= 15 is 0 Å². The van der Waals surface area contributed by atoms with Gasteiger partial charge in [-0.05, 0) is 43.2 Å². The molecule has 3 N–H and O–H groups in total. The van der Waals surface area contributed by atoms with Gasteiger partial charge in [-0.25, -0.2) is 4.98 Å². The molecular formula is C28H26N4O2. The minimum absolute atomic E-state index is 0.384. The van der Waals surface area contributed by atoms with Gasteiger partial charge in [0.15, 0.2) is 12.5 Å². The third-order valence-corrected chi connectivity index (χ3v) is 7.70. The fourth-order valence-electron chi connectivity index (χ4n) is 5.80. The number of benzene rings is 2. The monoisotopic (exact) mass is 450 g/mol. The highest BCUT2D eigenvalue weighted by molar-refractivity contribution is 5.83. The van der Waals surface area contributed by atoms with Crippen LogP contribution in [0.3, 0.4) is 0 Å². The van der Waals surface area contributed by atoms with E-state index in [1.54, 1.807) is 12.4 Å². The van der Waals surface area contributed by atoms with E-state index in [0.29, 0.717) is 25.5 Å². The van der Waals surface area contributed by atoms with Crippen LogP contribution in [-0.4, -0.2) is 25.2 Å². The Morgan fingerprint density at radius 2 is 1.74 bits per heavy atom. The van der Waals surface area contributed by atoms with Crippen LogP contribution in [0.25, 0.3) is 33.9 Å². The van der Waals surface area contributed by atoms with Gasteiger partial charge in [-0.3, -0.25) is 9.55 Å². The van der Waals surface area contributed by atoms with E-state index in [1.165, 1.54) is 0 Å². The molecule has 7 rings (SSSR count). The van der Waals surface area contributed by atoms with Crippen molar-refractivity contribution in [1.29, 1.82) is 0 Å². The molecular weight excluding hydrogens is 424 g/mol. The first-order valence-electron chi connectivity index (χ1n) is 11.9. The van der Waals surface area contributed by atoms with Gasteiger partial charge in [0.25, 0.3) is 0 Å².